The Morgan fingerprint density at radius 1 is 0.769 bits per heavy atom. The van der Waals surface area contributed by atoms with Crippen molar-refractivity contribution in [1.29, 1.82) is 0 Å². The van der Waals surface area contributed by atoms with Gasteiger partial charge in [0.05, 0.1) is 34.9 Å². The van der Waals surface area contributed by atoms with Crippen LogP contribution >= 0.6 is 11.6 Å². The Morgan fingerprint density at radius 3 is 1.85 bits per heavy atom. The molecular weight excluding hydrogens is 520 g/mol. The normalized spacial score (nSPS) is 11.3. The first kappa shape index (κ1) is 29.6. The zero-order valence-electron chi connectivity index (χ0n) is 23.0. The number of nitrogens with one attached hydrogen (secondary N) is 1. The molecule has 0 saturated carbocycles. The molecule has 8 nitrogen and oxygen atoms in total. The molecule has 0 saturated heterocycles. The van der Waals surface area contributed by atoms with Crippen LogP contribution in [-0.2, 0) is 29.0 Å². The highest BCUT2D eigenvalue weighted by Gasteiger charge is 2.26. The lowest BCUT2D eigenvalue weighted by Crippen LogP contribution is -2.48. The van der Waals surface area contributed by atoms with Gasteiger partial charge in [-0.3, -0.25) is 9.59 Å². The molecule has 1 N–H and O–H groups in total. The molecule has 0 fully saturated rings. The molecule has 3 aromatic rings. The third kappa shape index (κ3) is 8.04. The van der Waals surface area contributed by atoms with Gasteiger partial charge in [0.15, 0.2) is 23.0 Å². The molecule has 0 aromatic heterocycles. The molecule has 3 rings (SSSR count). The number of ether oxygens (including phenoxy) is 4. The van der Waals surface area contributed by atoms with E-state index in [0.717, 1.165) is 16.7 Å². The van der Waals surface area contributed by atoms with E-state index < -0.39 is 6.04 Å². The summed E-state index contributed by atoms with van der Waals surface area (Å²) in [5.41, 5.74) is 2.60. The van der Waals surface area contributed by atoms with Crippen LogP contribution in [0.15, 0.2) is 60.7 Å². The van der Waals surface area contributed by atoms with Crippen LogP contribution in [0.25, 0.3) is 0 Å². The first-order chi connectivity index (χ1) is 18.8. The van der Waals surface area contributed by atoms with Crippen molar-refractivity contribution in [3.8, 4) is 23.0 Å². The highest BCUT2D eigenvalue weighted by Crippen LogP contribution is 2.29. The lowest BCUT2D eigenvalue weighted by Gasteiger charge is -2.29. The fourth-order valence-corrected chi connectivity index (χ4v) is 4.28. The minimum absolute atomic E-state index is 0.0945. The van der Waals surface area contributed by atoms with E-state index in [-0.39, 0.29) is 24.8 Å². The molecule has 9 heteroatoms. The van der Waals surface area contributed by atoms with Crippen LogP contribution in [0, 0.1) is 0 Å². The molecule has 3 aromatic carbocycles. The molecule has 0 bridgehead atoms. The average molecular weight is 555 g/mol. The third-order valence-corrected chi connectivity index (χ3v) is 6.65. The predicted molar refractivity (Wildman–Crippen MR) is 151 cm³/mol. The summed E-state index contributed by atoms with van der Waals surface area (Å²) in [4.78, 5) is 28.3. The fourth-order valence-electron chi connectivity index (χ4n) is 4.15. The van der Waals surface area contributed by atoms with Gasteiger partial charge in [0.25, 0.3) is 0 Å². The van der Waals surface area contributed by atoms with Crippen LogP contribution in [0.5, 0.6) is 23.0 Å². The van der Waals surface area contributed by atoms with Crippen LogP contribution in [-0.4, -0.2) is 57.7 Å². The largest absolute Gasteiger partial charge is 0.493 e. The van der Waals surface area contributed by atoms with Crippen LogP contribution in [0.1, 0.15) is 23.6 Å². The Bertz CT molecular complexity index is 1260. The number of carbonyl (C=O) groups excluding carboxylic acids is 2. The molecule has 0 aliphatic heterocycles. The Labute approximate surface area is 234 Å². The molecule has 0 heterocycles. The minimum Gasteiger partial charge on any atom is -0.493 e. The summed E-state index contributed by atoms with van der Waals surface area (Å²) in [5, 5.41) is 3.56. The molecule has 1 atom stereocenters. The second-order valence-corrected chi connectivity index (χ2v) is 9.36. The topological polar surface area (TPSA) is 86.3 Å². The van der Waals surface area contributed by atoms with Gasteiger partial charge in [-0.15, -0.1) is 0 Å². The zero-order chi connectivity index (χ0) is 28.4. The van der Waals surface area contributed by atoms with E-state index in [2.05, 4.69) is 5.32 Å². The molecular formula is C30H35ClN2O6. The van der Waals surface area contributed by atoms with E-state index in [0.29, 0.717) is 41.0 Å². The minimum atomic E-state index is -0.710. The Morgan fingerprint density at radius 2 is 1.28 bits per heavy atom. The van der Waals surface area contributed by atoms with Gasteiger partial charge in [0.1, 0.15) is 6.04 Å². The van der Waals surface area contributed by atoms with Gasteiger partial charge >= 0.3 is 0 Å². The standard InChI is InChI=1S/C30H35ClN2O6/c1-20(30(35)32-15-14-21-8-12-25(36-2)27(16-21)38-4)33(19-22-6-10-24(31)11-7-22)29(34)18-23-9-13-26(37-3)28(17-23)39-5/h6-13,16-17,20H,14-15,18-19H2,1-5H3,(H,32,35)/t20-/m0/s1. The summed E-state index contributed by atoms with van der Waals surface area (Å²) in [7, 11) is 6.27. The number of carbonyl (C=O) groups is 2. The van der Waals surface area contributed by atoms with Crippen molar-refractivity contribution in [3.63, 3.8) is 0 Å². The second-order valence-electron chi connectivity index (χ2n) is 8.92. The lowest BCUT2D eigenvalue weighted by atomic mass is 10.1. The Hall–Kier alpha value is -3.91. The molecule has 208 valence electrons. The van der Waals surface area contributed by atoms with Gasteiger partial charge in [0, 0.05) is 18.1 Å². The molecule has 39 heavy (non-hydrogen) atoms. The van der Waals surface area contributed by atoms with E-state index in [1.807, 2.05) is 36.4 Å². The maximum Gasteiger partial charge on any atom is 0.242 e. The second kappa shape index (κ2) is 14.3. The van der Waals surface area contributed by atoms with E-state index in [9.17, 15) is 9.59 Å². The molecule has 0 spiro atoms. The number of nitrogens with zero attached hydrogens (tertiary/aromatic N) is 1. The SMILES string of the molecule is COc1ccc(CCNC(=O)[C@H](C)N(Cc2ccc(Cl)cc2)C(=O)Cc2ccc(OC)c(OC)c2)cc1OC. The van der Waals surface area contributed by atoms with Crippen LogP contribution in [0.2, 0.25) is 5.02 Å². The van der Waals surface area contributed by atoms with Gasteiger partial charge in [-0.05, 0) is 66.4 Å². The number of halogens is 1. The Balaban J connectivity index is 1.72. The molecule has 0 unspecified atom stereocenters. The van der Waals surface area contributed by atoms with Crippen molar-refractivity contribution < 1.29 is 28.5 Å². The van der Waals surface area contributed by atoms with Crippen molar-refractivity contribution in [2.45, 2.75) is 32.4 Å². The van der Waals surface area contributed by atoms with E-state index >= 15 is 0 Å². The number of hydrogen-bond acceptors (Lipinski definition) is 6. The Kier molecular flexibility index (Phi) is 10.9. The number of amides is 2. The first-order valence-corrected chi connectivity index (χ1v) is 12.9. The number of rotatable bonds is 13. The molecule has 0 aliphatic carbocycles. The molecule has 2 amide bonds. The summed E-state index contributed by atoms with van der Waals surface area (Å²) in [6.45, 7) is 2.39. The highest BCUT2D eigenvalue weighted by atomic mass is 35.5. The number of benzene rings is 3. The summed E-state index contributed by atoms with van der Waals surface area (Å²) in [6.07, 6.45) is 0.687. The first-order valence-electron chi connectivity index (χ1n) is 12.5. The van der Waals surface area contributed by atoms with Crippen molar-refractivity contribution in [2.24, 2.45) is 0 Å². The van der Waals surface area contributed by atoms with Crippen LogP contribution < -0.4 is 24.3 Å². The average Bonchev–Trinajstić information content (AvgIpc) is 2.96. The predicted octanol–water partition coefficient (Wildman–Crippen LogP) is 4.69. The summed E-state index contributed by atoms with van der Waals surface area (Å²) in [5.74, 6) is 1.95. The summed E-state index contributed by atoms with van der Waals surface area (Å²) < 4.78 is 21.3. The quantitative estimate of drug-likeness (QED) is 0.330. The van der Waals surface area contributed by atoms with E-state index in [1.165, 1.54) is 0 Å². The van der Waals surface area contributed by atoms with Crippen molar-refractivity contribution in [3.05, 3.63) is 82.4 Å². The van der Waals surface area contributed by atoms with Gasteiger partial charge in [-0.1, -0.05) is 35.9 Å². The maximum absolute atomic E-state index is 13.5. The fraction of sp³-hybridized carbons (Fsp3) is 0.333. The van der Waals surface area contributed by atoms with Crippen LogP contribution in [0.4, 0.5) is 0 Å². The lowest BCUT2D eigenvalue weighted by molar-refractivity contribution is -0.140. The van der Waals surface area contributed by atoms with Crippen molar-refractivity contribution >= 4 is 23.4 Å². The van der Waals surface area contributed by atoms with Crippen molar-refractivity contribution in [1.82, 2.24) is 10.2 Å². The van der Waals surface area contributed by atoms with Gasteiger partial charge < -0.3 is 29.2 Å². The van der Waals surface area contributed by atoms with E-state index in [1.54, 1.807) is 64.5 Å². The molecule has 0 radical (unpaired) electrons. The van der Waals surface area contributed by atoms with Crippen LogP contribution in [0.3, 0.4) is 0 Å². The highest BCUT2D eigenvalue weighted by molar-refractivity contribution is 6.30. The van der Waals surface area contributed by atoms with Gasteiger partial charge in [0.2, 0.25) is 11.8 Å². The smallest absolute Gasteiger partial charge is 0.242 e. The van der Waals surface area contributed by atoms with Crippen molar-refractivity contribution in [2.75, 3.05) is 35.0 Å². The van der Waals surface area contributed by atoms with E-state index in [4.69, 9.17) is 30.5 Å². The van der Waals surface area contributed by atoms with Gasteiger partial charge in [-0.25, -0.2) is 0 Å². The summed E-state index contributed by atoms with van der Waals surface area (Å²) >= 11 is 6.05. The monoisotopic (exact) mass is 554 g/mol. The molecule has 0 aliphatic rings. The van der Waals surface area contributed by atoms with Gasteiger partial charge in [-0.2, -0.15) is 0 Å². The number of methoxy groups -OCH3 is 4. The maximum atomic E-state index is 13.5. The zero-order valence-corrected chi connectivity index (χ0v) is 23.7. The summed E-state index contributed by atoms with van der Waals surface area (Å²) in [6, 6.07) is 17.5. The third-order valence-electron chi connectivity index (χ3n) is 6.40. The number of hydrogen-bond donors (Lipinski definition) is 1.